The summed E-state index contributed by atoms with van der Waals surface area (Å²) in [6, 6.07) is 0. The van der Waals surface area contributed by atoms with E-state index in [0.717, 1.165) is 45.7 Å². The minimum absolute atomic E-state index is 0.239. The highest BCUT2D eigenvalue weighted by molar-refractivity contribution is 4.83. The van der Waals surface area contributed by atoms with Gasteiger partial charge < -0.3 is 9.63 Å². The van der Waals surface area contributed by atoms with E-state index in [0.29, 0.717) is 11.7 Å². The summed E-state index contributed by atoms with van der Waals surface area (Å²) in [6.07, 6.45) is 1.12. The molecule has 2 rings (SSSR count). The van der Waals surface area contributed by atoms with Gasteiger partial charge in [0.1, 0.15) is 0 Å². The lowest BCUT2D eigenvalue weighted by Gasteiger charge is -2.19. The maximum Gasteiger partial charge on any atom is 0.240 e. The largest absolute Gasteiger partial charge is 0.395 e. The first-order chi connectivity index (χ1) is 8.28. The Morgan fingerprint density at radius 3 is 2.71 bits per heavy atom. The van der Waals surface area contributed by atoms with Gasteiger partial charge in [-0.1, -0.05) is 5.16 Å². The summed E-state index contributed by atoms with van der Waals surface area (Å²) in [5.74, 6) is 1.38. The van der Waals surface area contributed by atoms with Gasteiger partial charge in [-0.25, -0.2) is 0 Å². The van der Waals surface area contributed by atoms with Crippen LogP contribution in [-0.2, 0) is 6.54 Å². The van der Waals surface area contributed by atoms with Crippen molar-refractivity contribution in [2.75, 3.05) is 39.3 Å². The number of nitrogens with zero attached hydrogens (tertiary/aromatic N) is 4. The molecule has 1 aromatic rings. The zero-order valence-corrected chi connectivity index (χ0v) is 10.3. The Hall–Kier alpha value is -0.980. The SMILES string of the molecule is Cc1noc(CN2CCCN(CCO)CC2)n1. The molecule has 0 atom stereocenters. The van der Waals surface area contributed by atoms with E-state index in [2.05, 4.69) is 19.9 Å². The Bertz CT molecular complexity index is 342. The van der Waals surface area contributed by atoms with Gasteiger partial charge in [0.2, 0.25) is 5.89 Å². The van der Waals surface area contributed by atoms with E-state index >= 15 is 0 Å². The van der Waals surface area contributed by atoms with Crippen molar-refractivity contribution < 1.29 is 9.63 Å². The molecular formula is C11H20N4O2. The number of β-amino-alcohol motifs (C(OH)–C–C–N with tert-alkyl or cyclic N) is 1. The van der Waals surface area contributed by atoms with Crippen molar-refractivity contribution in [1.29, 1.82) is 0 Å². The molecule has 6 nitrogen and oxygen atoms in total. The van der Waals surface area contributed by atoms with E-state index in [1.807, 2.05) is 6.92 Å². The highest BCUT2D eigenvalue weighted by atomic mass is 16.5. The molecule has 0 aromatic carbocycles. The van der Waals surface area contributed by atoms with Crippen LogP contribution in [0, 0.1) is 6.92 Å². The van der Waals surface area contributed by atoms with Crippen LogP contribution in [0.15, 0.2) is 4.52 Å². The highest BCUT2D eigenvalue weighted by Crippen LogP contribution is 2.07. The van der Waals surface area contributed by atoms with Crippen LogP contribution >= 0.6 is 0 Å². The molecule has 1 aliphatic heterocycles. The lowest BCUT2D eigenvalue weighted by atomic mass is 10.4. The van der Waals surface area contributed by atoms with Gasteiger partial charge in [0.25, 0.3) is 0 Å². The van der Waals surface area contributed by atoms with E-state index in [4.69, 9.17) is 9.63 Å². The first kappa shape index (κ1) is 12.5. The summed E-state index contributed by atoms with van der Waals surface area (Å²) in [5.41, 5.74) is 0. The Balaban J connectivity index is 1.82. The van der Waals surface area contributed by atoms with Crippen molar-refractivity contribution in [3.63, 3.8) is 0 Å². The van der Waals surface area contributed by atoms with Gasteiger partial charge in [-0.3, -0.25) is 9.80 Å². The number of hydrogen-bond donors (Lipinski definition) is 1. The van der Waals surface area contributed by atoms with Gasteiger partial charge in [0.15, 0.2) is 5.82 Å². The third-order valence-electron chi connectivity index (χ3n) is 3.03. The second kappa shape index (κ2) is 6.09. The lowest BCUT2D eigenvalue weighted by Crippen LogP contribution is -2.32. The van der Waals surface area contributed by atoms with Crippen molar-refractivity contribution in [3.8, 4) is 0 Å². The second-order valence-corrected chi connectivity index (χ2v) is 4.43. The Morgan fingerprint density at radius 2 is 2.00 bits per heavy atom. The third-order valence-corrected chi connectivity index (χ3v) is 3.03. The first-order valence-corrected chi connectivity index (χ1v) is 6.12. The summed E-state index contributed by atoms with van der Waals surface area (Å²) >= 11 is 0. The summed E-state index contributed by atoms with van der Waals surface area (Å²) in [6.45, 7) is 7.65. The smallest absolute Gasteiger partial charge is 0.240 e. The molecule has 0 spiro atoms. The Kier molecular flexibility index (Phi) is 4.47. The second-order valence-electron chi connectivity index (χ2n) is 4.43. The number of hydrogen-bond acceptors (Lipinski definition) is 6. The molecule has 1 N–H and O–H groups in total. The van der Waals surface area contributed by atoms with E-state index < -0.39 is 0 Å². The molecule has 1 fully saturated rings. The van der Waals surface area contributed by atoms with Crippen LogP contribution in [0.3, 0.4) is 0 Å². The quantitative estimate of drug-likeness (QED) is 0.791. The molecule has 96 valence electrons. The zero-order chi connectivity index (χ0) is 12.1. The number of aromatic nitrogens is 2. The molecular weight excluding hydrogens is 220 g/mol. The maximum absolute atomic E-state index is 8.93. The highest BCUT2D eigenvalue weighted by Gasteiger charge is 2.16. The van der Waals surface area contributed by atoms with Crippen molar-refractivity contribution in [3.05, 3.63) is 11.7 Å². The molecule has 2 heterocycles. The van der Waals surface area contributed by atoms with Crippen LogP contribution in [0.2, 0.25) is 0 Å². The van der Waals surface area contributed by atoms with Gasteiger partial charge in [-0.05, 0) is 26.4 Å². The first-order valence-electron chi connectivity index (χ1n) is 6.12. The summed E-state index contributed by atoms with van der Waals surface area (Å²) in [5, 5.41) is 12.7. The van der Waals surface area contributed by atoms with E-state index in [1.165, 1.54) is 0 Å². The average molecular weight is 240 g/mol. The topological polar surface area (TPSA) is 65.6 Å². The fraction of sp³-hybridized carbons (Fsp3) is 0.818. The number of aliphatic hydroxyl groups excluding tert-OH is 1. The minimum Gasteiger partial charge on any atom is -0.395 e. The van der Waals surface area contributed by atoms with Crippen LogP contribution in [0.5, 0.6) is 0 Å². The predicted molar refractivity (Wildman–Crippen MR) is 62.5 cm³/mol. The van der Waals surface area contributed by atoms with Crippen molar-refractivity contribution in [1.82, 2.24) is 19.9 Å². The zero-order valence-electron chi connectivity index (χ0n) is 10.3. The molecule has 0 amide bonds. The van der Waals surface area contributed by atoms with Crippen molar-refractivity contribution >= 4 is 0 Å². The maximum atomic E-state index is 8.93. The Labute approximate surface area is 101 Å². The molecule has 0 aliphatic carbocycles. The van der Waals surface area contributed by atoms with Gasteiger partial charge >= 0.3 is 0 Å². The normalized spacial score (nSPS) is 19.4. The van der Waals surface area contributed by atoms with Crippen LogP contribution < -0.4 is 0 Å². The van der Waals surface area contributed by atoms with Crippen molar-refractivity contribution in [2.24, 2.45) is 0 Å². The minimum atomic E-state index is 0.239. The molecule has 1 aliphatic rings. The van der Waals surface area contributed by atoms with E-state index in [-0.39, 0.29) is 6.61 Å². The van der Waals surface area contributed by atoms with E-state index in [9.17, 15) is 0 Å². The predicted octanol–water partition coefficient (Wildman–Crippen LogP) is -0.122. The summed E-state index contributed by atoms with van der Waals surface area (Å²) < 4.78 is 5.13. The molecule has 1 saturated heterocycles. The molecule has 0 radical (unpaired) electrons. The Morgan fingerprint density at radius 1 is 1.24 bits per heavy atom. The summed E-state index contributed by atoms with van der Waals surface area (Å²) in [7, 11) is 0. The fourth-order valence-corrected chi connectivity index (χ4v) is 2.14. The number of aliphatic hydroxyl groups is 1. The number of rotatable bonds is 4. The molecule has 17 heavy (non-hydrogen) atoms. The number of aryl methyl sites for hydroxylation is 1. The monoisotopic (exact) mass is 240 g/mol. The van der Waals surface area contributed by atoms with Crippen LogP contribution in [0.25, 0.3) is 0 Å². The lowest BCUT2D eigenvalue weighted by molar-refractivity contribution is 0.191. The standard InChI is InChI=1S/C11H20N4O2/c1-10-12-11(17-13-10)9-15-4-2-3-14(5-6-15)7-8-16/h16H,2-9H2,1H3. The van der Waals surface area contributed by atoms with Gasteiger partial charge in [-0.15, -0.1) is 0 Å². The van der Waals surface area contributed by atoms with Crippen molar-refractivity contribution in [2.45, 2.75) is 19.9 Å². The molecule has 1 aromatic heterocycles. The third kappa shape index (κ3) is 3.76. The average Bonchev–Trinajstić information content (AvgIpc) is 2.58. The van der Waals surface area contributed by atoms with Gasteiger partial charge in [0, 0.05) is 19.6 Å². The summed E-state index contributed by atoms with van der Waals surface area (Å²) in [4.78, 5) is 8.83. The van der Waals surface area contributed by atoms with Crippen LogP contribution in [0.1, 0.15) is 18.1 Å². The van der Waals surface area contributed by atoms with E-state index in [1.54, 1.807) is 0 Å². The molecule has 0 bridgehead atoms. The molecule has 6 heteroatoms. The van der Waals surface area contributed by atoms with Gasteiger partial charge in [-0.2, -0.15) is 4.98 Å². The fourth-order valence-electron chi connectivity index (χ4n) is 2.14. The molecule has 0 saturated carbocycles. The van der Waals surface area contributed by atoms with Crippen LogP contribution in [0.4, 0.5) is 0 Å². The van der Waals surface area contributed by atoms with Gasteiger partial charge in [0.05, 0.1) is 13.2 Å². The van der Waals surface area contributed by atoms with Crippen LogP contribution in [-0.4, -0.2) is 64.4 Å². The molecule has 0 unspecified atom stereocenters.